The van der Waals surface area contributed by atoms with E-state index in [4.69, 9.17) is 18.9 Å². The van der Waals surface area contributed by atoms with Crippen LogP contribution in [0.1, 0.15) is 79.7 Å². The van der Waals surface area contributed by atoms with Crippen molar-refractivity contribution in [2.24, 2.45) is 11.8 Å². The van der Waals surface area contributed by atoms with Gasteiger partial charge in [0.15, 0.2) is 0 Å². The number of carbonyl (C=O) groups is 2. The third-order valence-electron chi connectivity index (χ3n) is 11.1. The molecular formula is C42H65N3O9. The minimum Gasteiger partial charge on any atom is -0.457 e. The molecule has 0 radical (unpaired) electrons. The van der Waals surface area contributed by atoms with Gasteiger partial charge in [-0.1, -0.05) is 57.2 Å². The van der Waals surface area contributed by atoms with Crippen molar-refractivity contribution in [1.29, 1.82) is 0 Å². The highest BCUT2D eigenvalue weighted by atomic mass is 16.6. The van der Waals surface area contributed by atoms with E-state index in [1.165, 1.54) is 12.6 Å². The van der Waals surface area contributed by atoms with Crippen molar-refractivity contribution < 1.29 is 43.9 Å². The summed E-state index contributed by atoms with van der Waals surface area (Å²) in [4.78, 5) is 27.2. The maximum absolute atomic E-state index is 13.0. The van der Waals surface area contributed by atoms with Crippen LogP contribution in [0.5, 0.6) is 0 Å². The Balaban J connectivity index is 1.55. The van der Waals surface area contributed by atoms with Crippen molar-refractivity contribution in [3.8, 4) is 0 Å². The van der Waals surface area contributed by atoms with Gasteiger partial charge in [0, 0.05) is 64.3 Å². The Morgan fingerprint density at radius 1 is 1.19 bits per heavy atom. The Bertz CT molecular complexity index is 1450. The number of rotatable bonds is 14. The molecule has 302 valence electrons. The number of ether oxygens (including phenoxy) is 4. The first-order valence-electron chi connectivity index (χ1n) is 19.6. The monoisotopic (exact) mass is 755 g/mol. The molecule has 3 heterocycles. The molecule has 0 saturated carbocycles. The number of cyclic esters (lactones) is 1. The van der Waals surface area contributed by atoms with Crippen molar-refractivity contribution in [1.82, 2.24) is 10.6 Å². The predicted octanol–water partition coefficient (Wildman–Crippen LogP) is 3.97. The van der Waals surface area contributed by atoms with Gasteiger partial charge in [0.05, 0.1) is 36.4 Å². The van der Waals surface area contributed by atoms with Crippen LogP contribution < -0.4 is 15.5 Å². The molecule has 1 aromatic carbocycles. The van der Waals surface area contributed by atoms with Crippen molar-refractivity contribution >= 4 is 17.6 Å². The lowest BCUT2D eigenvalue weighted by Gasteiger charge is -2.32. The Morgan fingerprint density at radius 3 is 2.50 bits per heavy atom. The summed E-state index contributed by atoms with van der Waals surface area (Å²) < 4.78 is 23.3. The molecular weight excluding hydrogens is 690 g/mol. The molecule has 11 atom stereocenters. The van der Waals surface area contributed by atoms with Crippen molar-refractivity contribution in [2.75, 3.05) is 38.2 Å². The molecule has 0 aromatic heterocycles. The van der Waals surface area contributed by atoms with Crippen molar-refractivity contribution in [3.63, 3.8) is 0 Å². The first kappa shape index (κ1) is 43.6. The molecule has 0 spiro atoms. The smallest absolute Gasteiger partial charge is 0.309 e. The number of piperazine rings is 1. The number of allylic oxidation sites excluding steroid dienone is 2. The number of hydrogen-bond donors (Lipinski definition) is 5. The van der Waals surface area contributed by atoms with Gasteiger partial charge in [0.2, 0.25) is 0 Å². The Morgan fingerprint density at radius 2 is 1.87 bits per heavy atom. The summed E-state index contributed by atoms with van der Waals surface area (Å²) in [6.45, 7) is 16.9. The summed E-state index contributed by atoms with van der Waals surface area (Å²) in [6, 6.07) is 8.09. The molecule has 12 nitrogen and oxygen atoms in total. The number of methoxy groups -OCH3 is 1. The third kappa shape index (κ3) is 12.2. The number of esters is 2. The molecule has 4 rings (SSSR count). The number of anilines is 1. The molecule has 2 fully saturated rings. The fourth-order valence-electron chi connectivity index (χ4n) is 7.65. The first-order chi connectivity index (χ1) is 25.6. The van der Waals surface area contributed by atoms with Gasteiger partial charge in [-0.05, 0) is 69.4 Å². The average Bonchev–Trinajstić information content (AvgIpc) is 3.92. The molecule has 1 aromatic rings. The summed E-state index contributed by atoms with van der Waals surface area (Å²) in [5, 5.41) is 40.7. The molecule has 3 aliphatic heterocycles. The molecule has 0 bridgehead atoms. The lowest BCUT2D eigenvalue weighted by atomic mass is 9.87. The van der Waals surface area contributed by atoms with Gasteiger partial charge < -0.3 is 49.8 Å². The van der Waals surface area contributed by atoms with Crippen LogP contribution in [0.2, 0.25) is 0 Å². The van der Waals surface area contributed by atoms with Crippen LogP contribution in [-0.4, -0.2) is 114 Å². The summed E-state index contributed by atoms with van der Waals surface area (Å²) in [5.41, 5.74) is 0.194. The molecule has 2 unspecified atom stereocenters. The summed E-state index contributed by atoms with van der Waals surface area (Å²) >= 11 is 0. The zero-order valence-corrected chi connectivity index (χ0v) is 33.5. The predicted molar refractivity (Wildman–Crippen MR) is 209 cm³/mol. The second kappa shape index (κ2) is 19.7. The fourth-order valence-corrected chi connectivity index (χ4v) is 7.65. The number of carbonyl (C=O) groups excluding carboxylic acids is 2. The van der Waals surface area contributed by atoms with Crippen LogP contribution in [0, 0.1) is 11.8 Å². The van der Waals surface area contributed by atoms with Gasteiger partial charge in [-0.15, -0.1) is 0 Å². The molecule has 54 heavy (non-hydrogen) atoms. The van der Waals surface area contributed by atoms with E-state index >= 15 is 0 Å². The molecule has 12 heteroatoms. The van der Waals surface area contributed by atoms with E-state index in [0.717, 1.165) is 38.2 Å². The zero-order valence-electron chi connectivity index (χ0n) is 33.5. The Labute approximate surface area is 322 Å². The highest BCUT2D eigenvalue weighted by molar-refractivity contribution is 5.70. The van der Waals surface area contributed by atoms with E-state index in [9.17, 15) is 24.9 Å². The van der Waals surface area contributed by atoms with Gasteiger partial charge in [0.1, 0.15) is 23.9 Å². The minimum absolute atomic E-state index is 0.0329. The van der Waals surface area contributed by atoms with Gasteiger partial charge in [-0.2, -0.15) is 0 Å². The van der Waals surface area contributed by atoms with E-state index in [0.29, 0.717) is 12.1 Å². The zero-order chi connectivity index (χ0) is 39.6. The maximum atomic E-state index is 13.0. The summed E-state index contributed by atoms with van der Waals surface area (Å²) in [5.74, 6) is -1.36. The van der Waals surface area contributed by atoms with Gasteiger partial charge in [0.25, 0.3) is 0 Å². The molecule has 0 aliphatic carbocycles. The highest BCUT2D eigenvalue weighted by Crippen LogP contribution is 2.39. The normalized spacial score (nSPS) is 32.0. The standard InChI is InChI=1S/C42H65N3O9/c1-9-34(51-8)29(4)38-39(54-38)40(44-26-31-13-15-32(16-14-31)45-23-21-43-22-24-45)42(7,50)19-10-11-27(2)37-28(3)12-17-35(52-30(5)46)41(6,49)20-18-33(47)25-36(48)53-37/h10-17,19,28-29,33-35,37-40,43-44,47,49-50H,9,18,20-26H2,1-8H3/b17-12+,19-10+,27-11+/t28-,29+,33+,34-,35-,37-,38+,39-,40?,41+,42?/m0/s1. The molecule has 3 aliphatic rings. The summed E-state index contributed by atoms with van der Waals surface area (Å²) in [7, 11) is 1.72. The van der Waals surface area contributed by atoms with Crippen LogP contribution in [0.4, 0.5) is 5.69 Å². The van der Waals surface area contributed by atoms with Crippen molar-refractivity contribution in [2.45, 2.75) is 135 Å². The number of aliphatic hydroxyl groups is 3. The fraction of sp³-hybridized carbons (Fsp3) is 0.667. The number of hydrogen-bond acceptors (Lipinski definition) is 12. The van der Waals surface area contributed by atoms with Crippen molar-refractivity contribution in [3.05, 3.63) is 65.8 Å². The maximum Gasteiger partial charge on any atom is 0.309 e. The second-order valence-corrected chi connectivity index (χ2v) is 15.8. The van der Waals surface area contributed by atoms with Crippen LogP contribution in [0.25, 0.3) is 0 Å². The third-order valence-corrected chi connectivity index (χ3v) is 11.1. The lowest BCUT2D eigenvalue weighted by molar-refractivity contribution is -0.157. The van der Waals surface area contributed by atoms with E-state index in [1.807, 2.05) is 13.8 Å². The second-order valence-electron chi connectivity index (χ2n) is 15.8. The van der Waals surface area contributed by atoms with E-state index in [2.05, 4.69) is 53.6 Å². The van der Waals surface area contributed by atoms with E-state index in [1.54, 1.807) is 51.3 Å². The number of nitrogens with one attached hydrogen (secondary N) is 2. The van der Waals surface area contributed by atoms with Gasteiger partial charge in [-0.25, -0.2) is 0 Å². The Kier molecular flexibility index (Phi) is 15.9. The van der Waals surface area contributed by atoms with Gasteiger partial charge >= 0.3 is 11.9 Å². The molecule has 5 N–H and O–H groups in total. The van der Waals surface area contributed by atoms with Crippen LogP contribution >= 0.6 is 0 Å². The number of aliphatic hydroxyl groups excluding tert-OH is 1. The first-order valence-corrected chi connectivity index (χ1v) is 19.6. The van der Waals surface area contributed by atoms with Crippen LogP contribution in [-0.2, 0) is 35.1 Å². The Hall–Kier alpha value is -3.10. The molecule has 0 amide bonds. The van der Waals surface area contributed by atoms with Crippen LogP contribution in [0.15, 0.2) is 60.2 Å². The van der Waals surface area contributed by atoms with E-state index in [-0.39, 0.29) is 49.4 Å². The number of benzene rings is 1. The highest BCUT2D eigenvalue weighted by Gasteiger charge is 2.54. The topological polar surface area (TPSA) is 162 Å². The van der Waals surface area contributed by atoms with E-state index < -0.39 is 47.5 Å². The van der Waals surface area contributed by atoms with Gasteiger partial charge in [-0.3, -0.25) is 9.59 Å². The largest absolute Gasteiger partial charge is 0.457 e. The SMILES string of the molecule is CC[C@H](OC)[C@@H](C)[C@H]1O[C@@H]1C(NCc1ccc(N2CCNCC2)cc1)C(C)(O)/C=C/C=C(\C)[C@@H]1OC(=O)C[C@H](O)CC[C@@](C)(O)[C@@H](OC(C)=O)/C=C/[C@@H]1C. The lowest BCUT2D eigenvalue weighted by Crippen LogP contribution is -2.52. The average molecular weight is 756 g/mol. The number of epoxide rings is 1. The number of nitrogens with zero attached hydrogens (tertiary/aromatic N) is 1. The quantitative estimate of drug-likeness (QED) is 0.0806. The minimum atomic E-state index is -1.46. The molecule has 2 saturated heterocycles. The van der Waals surface area contributed by atoms with Crippen LogP contribution in [0.3, 0.4) is 0 Å². The summed E-state index contributed by atoms with van der Waals surface area (Å²) in [6.07, 6.45) is 6.48.